The number of amides is 1. The molecule has 1 amide bonds. The van der Waals surface area contributed by atoms with Crippen LogP contribution in [0, 0.1) is 16.7 Å². The van der Waals surface area contributed by atoms with Gasteiger partial charge in [-0.2, -0.15) is 5.26 Å². The van der Waals surface area contributed by atoms with E-state index in [2.05, 4.69) is 32.2 Å². The van der Waals surface area contributed by atoms with Crippen molar-refractivity contribution in [2.75, 3.05) is 0 Å². The van der Waals surface area contributed by atoms with E-state index in [1.807, 2.05) is 0 Å². The molecule has 96 valence electrons. The summed E-state index contributed by atoms with van der Waals surface area (Å²) in [6.07, 6.45) is 6.22. The first-order valence-electron chi connectivity index (χ1n) is 6.82. The van der Waals surface area contributed by atoms with Crippen LogP contribution < -0.4 is 5.32 Å². The fourth-order valence-electron chi connectivity index (χ4n) is 2.74. The molecule has 0 bridgehead atoms. The van der Waals surface area contributed by atoms with E-state index >= 15 is 0 Å². The molecule has 3 nitrogen and oxygen atoms in total. The fourth-order valence-corrected chi connectivity index (χ4v) is 2.74. The Balaban J connectivity index is 2.80. The lowest BCUT2D eigenvalue weighted by atomic mass is 9.83. The number of nitriles is 1. The Bertz CT molecular complexity index is 298. The summed E-state index contributed by atoms with van der Waals surface area (Å²) < 4.78 is 0. The van der Waals surface area contributed by atoms with Crippen LogP contribution in [0.25, 0.3) is 0 Å². The molecule has 1 aliphatic carbocycles. The highest BCUT2D eigenvalue weighted by atomic mass is 16.2. The average Bonchev–Trinajstić information content (AvgIpc) is 2.86. The van der Waals surface area contributed by atoms with Gasteiger partial charge < -0.3 is 5.32 Å². The summed E-state index contributed by atoms with van der Waals surface area (Å²) in [4.78, 5) is 12.4. The van der Waals surface area contributed by atoms with Gasteiger partial charge in [-0.05, 0) is 32.1 Å². The third-order valence-electron chi connectivity index (χ3n) is 4.51. The second kappa shape index (κ2) is 5.53. The molecule has 0 heterocycles. The molecule has 1 fully saturated rings. The minimum Gasteiger partial charge on any atom is -0.349 e. The first kappa shape index (κ1) is 14.0. The van der Waals surface area contributed by atoms with E-state index in [4.69, 9.17) is 0 Å². The molecule has 0 aliphatic heterocycles. The Morgan fingerprint density at radius 2 is 1.71 bits per heavy atom. The van der Waals surface area contributed by atoms with Crippen molar-refractivity contribution in [3.05, 3.63) is 0 Å². The Kier molecular flexibility index (Phi) is 4.56. The highest BCUT2D eigenvalue weighted by Gasteiger charge is 2.43. The van der Waals surface area contributed by atoms with Crippen LogP contribution >= 0.6 is 0 Å². The molecule has 0 aromatic carbocycles. The minimum atomic E-state index is -0.745. The van der Waals surface area contributed by atoms with Crippen LogP contribution in [0.1, 0.15) is 65.7 Å². The number of nitrogens with one attached hydrogen (secondary N) is 1. The van der Waals surface area contributed by atoms with E-state index in [9.17, 15) is 10.1 Å². The molecule has 0 saturated heterocycles. The predicted molar refractivity (Wildman–Crippen MR) is 68.3 cm³/mol. The van der Waals surface area contributed by atoms with Crippen LogP contribution in [-0.4, -0.2) is 11.4 Å². The van der Waals surface area contributed by atoms with Gasteiger partial charge in [-0.1, -0.05) is 33.6 Å². The van der Waals surface area contributed by atoms with E-state index in [1.165, 1.54) is 0 Å². The van der Waals surface area contributed by atoms with E-state index in [1.54, 1.807) is 0 Å². The Morgan fingerprint density at radius 3 is 2.06 bits per heavy atom. The zero-order chi connectivity index (χ0) is 12.9. The van der Waals surface area contributed by atoms with Crippen molar-refractivity contribution in [3.8, 4) is 6.07 Å². The normalized spacial score (nSPS) is 18.7. The highest BCUT2D eigenvalue weighted by molar-refractivity contribution is 5.86. The molecule has 0 radical (unpaired) electrons. The largest absolute Gasteiger partial charge is 0.349 e. The molecule has 1 saturated carbocycles. The first-order chi connectivity index (χ1) is 8.08. The first-order valence-corrected chi connectivity index (χ1v) is 6.82. The van der Waals surface area contributed by atoms with Crippen LogP contribution in [0.3, 0.4) is 0 Å². The average molecular weight is 236 g/mol. The molecular formula is C14H24N2O. The Hall–Kier alpha value is -1.04. The molecule has 0 unspecified atom stereocenters. The smallest absolute Gasteiger partial charge is 0.240 e. The van der Waals surface area contributed by atoms with Gasteiger partial charge >= 0.3 is 0 Å². The van der Waals surface area contributed by atoms with E-state index in [0.717, 1.165) is 44.9 Å². The van der Waals surface area contributed by atoms with Gasteiger partial charge in [0.15, 0.2) is 0 Å². The van der Waals surface area contributed by atoms with E-state index in [0.29, 0.717) is 0 Å². The molecule has 1 rings (SSSR count). The van der Waals surface area contributed by atoms with Crippen molar-refractivity contribution < 1.29 is 4.79 Å². The van der Waals surface area contributed by atoms with Crippen LogP contribution in [0.15, 0.2) is 0 Å². The number of hydrogen-bond donors (Lipinski definition) is 1. The van der Waals surface area contributed by atoms with Gasteiger partial charge in [0.1, 0.15) is 5.41 Å². The molecule has 1 N–H and O–H groups in total. The molecular weight excluding hydrogens is 212 g/mol. The maximum Gasteiger partial charge on any atom is 0.240 e. The molecule has 1 aliphatic rings. The lowest BCUT2D eigenvalue weighted by molar-refractivity contribution is -0.130. The van der Waals surface area contributed by atoms with Crippen molar-refractivity contribution in [1.82, 2.24) is 5.32 Å². The second-order valence-electron chi connectivity index (χ2n) is 5.20. The summed E-state index contributed by atoms with van der Waals surface area (Å²) in [5.41, 5.74) is -0.867. The summed E-state index contributed by atoms with van der Waals surface area (Å²) >= 11 is 0. The van der Waals surface area contributed by atoms with Crippen LogP contribution in [0.4, 0.5) is 0 Å². The quantitative estimate of drug-likeness (QED) is 0.797. The number of rotatable bonds is 5. The van der Waals surface area contributed by atoms with Crippen LogP contribution in [-0.2, 0) is 4.79 Å². The summed E-state index contributed by atoms with van der Waals surface area (Å²) in [5, 5.41) is 12.4. The van der Waals surface area contributed by atoms with Crippen molar-refractivity contribution in [1.29, 1.82) is 5.26 Å². The Morgan fingerprint density at radius 1 is 1.24 bits per heavy atom. The van der Waals surface area contributed by atoms with Gasteiger partial charge in [0.05, 0.1) is 6.07 Å². The molecule has 0 aromatic rings. The second-order valence-corrected chi connectivity index (χ2v) is 5.20. The van der Waals surface area contributed by atoms with Gasteiger partial charge in [-0.15, -0.1) is 0 Å². The zero-order valence-electron chi connectivity index (χ0n) is 11.3. The summed E-state index contributed by atoms with van der Waals surface area (Å²) in [5.74, 6) is -0.0388. The monoisotopic (exact) mass is 236 g/mol. The molecule has 0 aromatic heterocycles. The minimum absolute atomic E-state index is 0.0388. The van der Waals surface area contributed by atoms with Gasteiger partial charge in [0.25, 0.3) is 0 Å². The van der Waals surface area contributed by atoms with Gasteiger partial charge in [-0.25, -0.2) is 0 Å². The SMILES string of the molecule is CCC(CC)(CC)NC(=O)C1(C#N)CCCC1. The molecule has 0 atom stereocenters. The van der Waals surface area contributed by atoms with Crippen LogP contribution in [0.5, 0.6) is 0 Å². The number of nitrogens with zero attached hydrogens (tertiary/aromatic N) is 1. The van der Waals surface area contributed by atoms with Crippen LogP contribution in [0.2, 0.25) is 0 Å². The predicted octanol–water partition coefficient (Wildman–Crippen LogP) is 3.16. The topological polar surface area (TPSA) is 52.9 Å². The lowest BCUT2D eigenvalue weighted by Gasteiger charge is -2.34. The van der Waals surface area contributed by atoms with Gasteiger partial charge in [-0.3, -0.25) is 4.79 Å². The van der Waals surface area contributed by atoms with Crippen molar-refractivity contribution in [2.45, 2.75) is 71.3 Å². The highest BCUT2D eigenvalue weighted by Crippen LogP contribution is 2.38. The molecule has 17 heavy (non-hydrogen) atoms. The summed E-state index contributed by atoms with van der Waals surface area (Å²) in [6, 6.07) is 2.26. The number of carbonyl (C=O) groups is 1. The maximum absolute atomic E-state index is 12.4. The fraction of sp³-hybridized carbons (Fsp3) is 0.857. The lowest BCUT2D eigenvalue weighted by Crippen LogP contribution is -2.52. The third-order valence-corrected chi connectivity index (χ3v) is 4.51. The van der Waals surface area contributed by atoms with Gasteiger partial charge in [0.2, 0.25) is 5.91 Å². The van der Waals surface area contributed by atoms with Gasteiger partial charge in [0, 0.05) is 5.54 Å². The number of hydrogen-bond acceptors (Lipinski definition) is 2. The Labute approximate surface area is 105 Å². The van der Waals surface area contributed by atoms with Crippen molar-refractivity contribution in [2.24, 2.45) is 5.41 Å². The van der Waals surface area contributed by atoms with E-state index < -0.39 is 5.41 Å². The summed E-state index contributed by atoms with van der Waals surface area (Å²) in [6.45, 7) is 6.29. The third kappa shape index (κ3) is 2.62. The van der Waals surface area contributed by atoms with Crippen molar-refractivity contribution >= 4 is 5.91 Å². The standard InChI is InChI=1S/C14H24N2O/c1-4-14(5-2,6-3)16-12(17)13(11-15)9-7-8-10-13/h4-10H2,1-3H3,(H,16,17). The number of carbonyl (C=O) groups excluding carboxylic acids is 1. The summed E-state index contributed by atoms with van der Waals surface area (Å²) in [7, 11) is 0. The van der Waals surface area contributed by atoms with Crippen molar-refractivity contribution in [3.63, 3.8) is 0 Å². The van der Waals surface area contributed by atoms with E-state index in [-0.39, 0.29) is 11.4 Å². The molecule has 3 heteroatoms. The molecule has 0 spiro atoms. The zero-order valence-corrected chi connectivity index (χ0v) is 11.3. The maximum atomic E-state index is 12.4.